The second-order valence-corrected chi connectivity index (χ2v) is 5.98. The first-order valence-electron chi connectivity index (χ1n) is 8.70. The molecule has 1 amide bonds. The SMILES string of the molecule is CC(=O)Nc1ccc(OCCCCCCCCn2ccnc2)cc1. The molecule has 0 saturated carbocycles. The molecule has 1 heterocycles. The van der Waals surface area contributed by atoms with E-state index in [1.807, 2.05) is 43.0 Å². The Balaban J connectivity index is 1.45. The zero-order valence-electron chi connectivity index (χ0n) is 14.4. The van der Waals surface area contributed by atoms with Crippen molar-refractivity contribution in [1.29, 1.82) is 0 Å². The van der Waals surface area contributed by atoms with Crippen LogP contribution < -0.4 is 10.1 Å². The maximum atomic E-state index is 10.9. The van der Waals surface area contributed by atoms with Gasteiger partial charge in [0.15, 0.2) is 0 Å². The van der Waals surface area contributed by atoms with Gasteiger partial charge in [0.1, 0.15) is 5.75 Å². The molecular formula is C19H27N3O2. The van der Waals surface area contributed by atoms with Crippen molar-refractivity contribution in [3.8, 4) is 5.75 Å². The van der Waals surface area contributed by atoms with E-state index in [1.54, 1.807) is 0 Å². The number of ether oxygens (including phenoxy) is 1. The molecule has 0 radical (unpaired) electrons. The second kappa shape index (κ2) is 10.5. The van der Waals surface area contributed by atoms with E-state index < -0.39 is 0 Å². The van der Waals surface area contributed by atoms with Crippen LogP contribution in [0.1, 0.15) is 45.4 Å². The van der Waals surface area contributed by atoms with Crippen molar-refractivity contribution in [2.75, 3.05) is 11.9 Å². The maximum absolute atomic E-state index is 10.9. The van der Waals surface area contributed by atoms with Gasteiger partial charge in [-0.1, -0.05) is 25.7 Å². The monoisotopic (exact) mass is 329 g/mol. The van der Waals surface area contributed by atoms with Crippen LogP contribution in [0.15, 0.2) is 43.0 Å². The number of imidazole rings is 1. The standard InChI is InChI=1S/C19H27N3O2/c1-17(23)21-18-8-10-19(11-9-18)24-15-7-5-3-2-4-6-13-22-14-12-20-16-22/h8-12,14,16H,2-7,13,15H2,1H3,(H,21,23). The van der Waals surface area contributed by atoms with E-state index in [9.17, 15) is 4.79 Å². The molecule has 0 aliphatic rings. The number of carbonyl (C=O) groups is 1. The number of nitrogens with zero attached hydrogens (tertiary/aromatic N) is 2. The average Bonchev–Trinajstić information content (AvgIpc) is 3.07. The first kappa shape index (κ1) is 18.0. The fourth-order valence-electron chi connectivity index (χ4n) is 2.55. The zero-order chi connectivity index (χ0) is 17.0. The zero-order valence-corrected chi connectivity index (χ0v) is 14.4. The first-order chi connectivity index (χ1) is 11.7. The van der Waals surface area contributed by atoms with Gasteiger partial charge < -0.3 is 14.6 Å². The van der Waals surface area contributed by atoms with E-state index in [1.165, 1.54) is 39.0 Å². The summed E-state index contributed by atoms with van der Waals surface area (Å²) in [6.07, 6.45) is 13.0. The summed E-state index contributed by atoms with van der Waals surface area (Å²) in [4.78, 5) is 15.0. The van der Waals surface area contributed by atoms with Crippen LogP contribution >= 0.6 is 0 Å². The molecule has 1 aromatic heterocycles. The van der Waals surface area contributed by atoms with E-state index in [4.69, 9.17) is 4.74 Å². The number of anilines is 1. The molecule has 0 aliphatic carbocycles. The number of benzene rings is 1. The third-order valence-electron chi connectivity index (χ3n) is 3.81. The van der Waals surface area contributed by atoms with Crippen molar-refractivity contribution in [3.63, 3.8) is 0 Å². The maximum Gasteiger partial charge on any atom is 0.221 e. The summed E-state index contributed by atoms with van der Waals surface area (Å²) in [6, 6.07) is 7.50. The van der Waals surface area contributed by atoms with Crippen molar-refractivity contribution in [3.05, 3.63) is 43.0 Å². The summed E-state index contributed by atoms with van der Waals surface area (Å²) in [5.74, 6) is 0.790. The van der Waals surface area contributed by atoms with Crippen molar-refractivity contribution in [1.82, 2.24) is 9.55 Å². The van der Waals surface area contributed by atoms with Gasteiger partial charge >= 0.3 is 0 Å². The van der Waals surface area contributed by atoms with Gasteiger partial charge in [-0.3, -0.25) is 4.79 Å². The fraction of sp³-hybridized carbons (Fsp3) is 0.474. The molecule has 24 heavy (non-hydrogen) atoms. The summed E-state index contributed by atoms with van der Waals surface area (Å²) in [7, 11) is 0. The van der Waals surface area contributed by atoms with Gasteiger partial charge in [0, 0.05) is 31.5 Å². The van der Waals surface area contributed by atoms with Gasteiger partial charge in [-0.25, -0.2) is 4.98 Å². The minimum atomic E-state index is -0.0614. The van der Waals surface area contributed by atoms with E-state index in [2.05, 4.69) is 14.9 Å². The number of rotatable bonds is 11. The summed E-state index contributed by atoms with van der Waals surface area (Å²) < 4.78 is 7.85. The molecule has 0 atom stereocenters. The number of hydrogen-bond donors (Lipinski definition) is 1. The smallest absolute Gasteiger partial charge is 0.221 e. The highest BCUT2D eigenvalue weighted by Gasteiger charge is 1.98. The fourth-order valence-corrected chi connectivity index (χ4v) is 2.55. The highest BCUT2D eigenvalue weighted by molar-refractivity contribution is 5.88. The largest absolute Gasteiger partial charge is 0.494 e. The van der Waals surface area contributed by atoms with Gasteiger partial charge in [-0.15, -0.1) is 0 Å². The third-order valence-corrected chi connectivity index (χ3v) is 3.81. The Labute approximate surface area is 144 Å². The Kier molecular flexibility index (Phi) is 7.87. The molecule has 2 aromatic rings. The van der Waals surface area contributed by atoms with Crippen molar-refractivity contribution < 1.29 is 9.53 Å². The van der Waals surface area contributed by atoms with Gasteiger partial charge in [0.05, 0.1) is 12.9 Å². The number of unbranched alkanes of at least 4 members (excludes halogenated alkanes) is 5. The van der Waals surface area contributed by atoms with Gasteiger partial charge in [-0.2, -0.15) is 0 Å². The topological polar surface area (TPSA) is 56.1 Å². The molecule has 0 fully saturated rings. The van der Waals surface area contributed by atoms with Crippen LogP contribution in [0.4, 0.5) is 5.69 Å². The Hall–Kier alpha value is -2.30. The summed E-state index contributed by atoms with van der Waals surface area (Å²) >= 11 is 0. The van der Waals surface area contributed by atoms with Crippen LogP contribution in [0.5, 0.6) is 5.75 Å². The lowest BCUT2D eigenvalue weighted by Crippen LogP contribution is -2.05. The summed E-state index contributed by atoms with van der Waals surface area (Å²) in [5.41, 5.74) is 0.797. The van der Waals surface area contributed by atoms with Gasteiger partial charge in [-0.05, 0) is 37.1 Å². The lowest BCUT2D eigenvalue weighted by atomic mass is 10.1. The summed E-state index contributed by atoms with van der Waals surface area (Å²) in [5, 5.41) is 2.74. The molecule has 130 valence electrons. The Morgan fingerprint density at radius 3 is 2.46 bits per heavy atom. The Bertz CT molecular complexity index is 579. The van der Waals surface area contributed by atoms with E-state index >= 15 is 0 Å². The molecule has 1 N–H and O–H groups in total. The van der Waals surface area contributed by atoms with Gasteiger partial charge in [0.2, 0.25) is 5.91 Å². The molecule has 5 heteroatoms. The molecule has 2 rings (SSSR count). The highest BCUT2D eigenvalue weighted by atomic mass is 16.5. The van der Waals surface area contributed by atoms with E-state index in [0.717, 1.165) is 31.0 Å². The first-order valence-corrected chi connectivity index (χ1v) is 8.70. The number of aromatic nitrogens is 2. The van der Waals surface area contributed by atoms with E-state index in [-0.39, 0.29) is 5.91 Å². The molecule has 0 aliphatic heterocycles. The number of nitrogens with one attached hydrogen (secondary N) is 1. The van der Waals surface area contributed by atoms with Crippen LogP contribution in [0.3, 0.4) is 0 Å². The number of amides is 1. The summed E-state index contributed by atoms with van der Waals surface area (Å²) in [6.45, 7) is 3.31. The molecule has 0 unspecified atom stereocenters. The lowest BCUT2D eigenvalue weighted by Gasteiger charge is -2.07. The van der Waals surface area contributed by atoms with E-state index in [0.29, 0.717) is 0 Å². The lowest BCUT2D eigenvalue weighted by molar-refractivity contribution is -0.114. The minimum absolute atomic E-state index is 0.0614. The average molecular weight is 329 g/mol. The van der Waals surface area contributed by atoms with Gasteiger partial charge in [0.25, 0.3) is 0 Å². The minimum Gasteiger partial charge on any atom is -0.494 e. The van der Waals surface area contributed by atoms with Crippen molar-refractivity contribution in [2.24, 2.45) is 0 Å². The molecule has 5 nitrogen and oxygen atoms in total. The van der Waals surface area contributed by atoms with Crippen LogP contribution in [0, 0.1) is 0 Å². The highest BCUT2D eigenvalue weighted by Crippen LogP contribution is 2.16. The Morgan fingerprint density at radius 1 is 1.08 bits per heavy atom. The third kappa shape index (κ3) is 7.31. The predicted octanol–water partition coefficient (Wildman–Crippen LogP) is 4.26. The van der Waals surface area contributed by atoms with Crippen molar-refractivity contribution >= 4 is 11.6 Å². The normalized spacial score (nSPS) is 10.5. The second-order valence-electron chi connectivity index (χ2n) is 5.98. The molecule has 0 spiro atoms. The van der Waals surface area contributed by atoms with Crippen LogP contribution in [-0.4, -0.2) is 22.1 Å². The number of aryl methyl sites for hydroxylation is 1. The van der Waals surface area contributed by atoms with Crippen LogP contribution in [-0.2, 0) is 11.3 Å². The Morgan fingerprint density at radius 2 is 1.79 bits per heavy atom. The molecule has 1 aromatic carbocycles. The predicted molar refractivity (Wildman–Crippen MR) is 96.2 cm³/mol. The van der Waals surface area contributed by atoms with Crippen LogP contribution in [0.2, 0.25) is 0 Å². The quantitative estimate of drug-likeness (QED) is 0.627. The van der Waals surface area contributed by atoms with Crippen LogP contribution in [0.25, 0.3) is 0 Å². The molecular weight excluding hydrogens is 302 g/mol. The molecule has 0 saturated heterocycles. The molecule has 0 bridgehead atoms. The number of hydrogen-bond acceptors (Lipinski definition) is 3. The van der Waals surface area contributed by atoms with Crippen molar-refractivity contribution in [2.45, 2.75) is 52.0 Å². The number of carbonyl (C=O) groups excluding carboxylic acids is 1.